The number of methoxy groups -OCH3 is 2. The Labute approximate surface area is 195 Å². The van der Waals surface area contributed by atoms with E-state index in [0.29, 0.717) is 30.5 Å². The molecule has 0 unspecified atom stereocenters. The standard InChI is InChI=1S/C20H28N4O4S.HI/c1-21-20(23-14-16-8-11-18(27-4)19(12-16)28-5)22-13-15-6-9-17(10-7-15)29(25,26)24(2)3;/h6-12H,13-14H2,1-5H3,(H2,21,22,23);1H. The van der Waals surface area contributed by atoms with Crippen molar-refractivity contribution in [2.45, 2.75) is 18.0 Å². The van der Waals surface area contributed by atoms with E-state index in [1.54, 1.807) is 45.5 Å². The smallest absolute Gasteiger partial charge is 0.242 e. The van der Waals surface area contributed by atoms with Gasteiger partial charge in [0.15, 0.2) is 17.5 Å². The molecule has 0 fully saturated rings. The lowest BCUT2D eigenvalue weighted by Gasteiger charge is -2.14. The van der Waals surface area contributed by atoms with Crippen molar-refractivity contribution in [1.29, 1.82) is 0 Å². The molecule has 0 spiro atoms. The molecule has 2 aromatic rings. The van der Waals surface area contributed by atoms with Gasteiger partial charge < -0.3 is 20.1 Å². The zero-order valence-corrected chi connectivity index (χ0v) is 20.9. The van der Waals surface area contributed by atoms with Crippen LogP contribution in [-0.2, 0) is 23.1 Å². The molecule has 8 nitrogen and oxygen atoms in total. The Balaban J connectivity index is 0.00000450. The quantitative estimate of drug-likeness (QED) is 0.299. The van der Waals surface area contributed by atoms with Crippen LogP contribution in [0.25, 0.3) is 0 Å². The van der Waals surface area contributed by atoms with Crippen molar-refractivity contribution in [3.8, 4) is 11.5 Å². The maximum atomic E-state index is 12.1. The lowest BCUT2D eigenvalue weighted by Crippen LogP contribution is -2.36. The zero-order chi connectivity index (χ0) is 21.4. The second kappa shape index (κ2) is 12.0. The number of halogens is 1. The van der Waals surface area contributed by atoms with Crippen molar-refractivity contribution in [2.75, 3.05) is 35.4 Å². The highest BCUT2D eigenvalue weighted by atomic mass is 127. The summed E-state index contributed by atoms with van der Waals surface area (Å²) in [6.07, 6.45) is 0. The summed E-state index contributed by atoms with van der Waals surface area (Å²) in [7, 11) is 4.50. The van der Waals surface area contributed by atoms with Crippen molar-refractivity contribution >= 4 is 40.0 Å². The summed E-state index contributed by atoms with van der Waals surface area (Å²) < 4.78 is 36.0. The molecule has 166 valence electrons. The molecule has 0 amide bonds. The molecule has 2 rings (SSSR count). The molecule has 0 saturated heterocycles. The lowest BCUT2D eigenvalue weighted by atomic mass is 10.2. The Hall–Kier alpha value is -2.05. The van der Waals surface area contributed by atoms with Crippen LogP contribution in [0, 0.1) is 0 Å². The SMILES string of the molecule is CN=C(NCc1ccc(S(=O)(=O)N(C)C)cc1)NCc1ccc(OC)c(OC)c1.I. The number of nitrogens with zero attached hydrogens (tertiary/aromatic N) is 2. The van der Waals surface area contributed by atoms with E-state index in [9.17, 15) is 8.42 Å². The molecule has 2 N–H and O–H groups in total. The van der Waals surface area contributed by atoms with E-state index in [4.69, 9.17) is 9.47 Å². The van der Waals surface area contributed by atoms with Gasteiger partial charge in [0.05, 0.1) is 19.1 Å². The molecule has 30 heavy (non-hydrogen) atoms. The summed E-state index contributed by atoms with van der Waals surface area (Å²) in [6.45, 7) is 1.06. The molecule has 0 heterocycles. The molecule has 2 aromatic carbocycles. The van der Waals surface area contributed by atoms with Gasteiger partial charge in [0.1, 0.15) is 0 Å². The van der Waals surface area contributed by atoms with E-state index in [1.807, 2.05) is 18.2 Å². The first-order valence-electron chi connectivity index (χ1n) is 8.98. The van der Waals surface area contributed by atoms with E-state index in [-0.39, 0.29) is 28.9 Å². The van der Waals surface area contributed by atoms with Crippen LogP contribution in [0.3, 0.4) is 0 Å². The van der Waals surface area contributed by atoms with E-state index in [2.05, 4.69) is 15.6 Å². The van der Waals surface area contributed by atoms with Crippen LogP contribution in [0.1, 0.15) is 11.1 Å². The fourth-order valence-electron chi connectivity index (χ4n) is 2.57. The van der Waals surface area contributed by atoms with Crippen LogP contribution >= 0.6 is 24.0 Å². The third-order valence-electron chi connectivity index (χ3n) is 4.29. The third kappa shape index (κ3) is 6.74. The van der Waals surface area contributed by atoms with Gasteiger partial charge in [0.2, 0.25) is 10.0 Å². The van der Waals surface area contributed by atoms with Gasteiger partial charge in [-0.05, 0) is 35.4 Å². The van der Waals surface area contributed by atoms with Crippen molar-refractivity contribution in [3.05, 3.63) is 53.6 Å². The van der Waals surface area contributed by atoms with Gasteiger partial charge in [-0.1, -0.05) is 18.2 Å². The second-order valence-corrected chi connectivity index (χ2v) is 8.55. The van der Waals surface area contributed by atoms with Crippen molar-refractivity contribution in [2.24, 2.45) is 4.99 Å². The fourth-order valence-corrected chi connectivity index (χ4v) is 3.47. The number of hydrogen-bond donors (Lipinski definition) is 2. The van der Waals surface area contributed by atoms with Gasteiger partial charge in [0, 0.05) is 34.2 Å². The number of benzene rings is 2. The van der Waals surface area contributed by atoms with Crippen LogP contribution in [0.2, 0.25) is 0 Å². The van der Waals surface area contributed by atoms with Gasteiger partial charge in [-0.15, -0.1) is 24.0 Å². The molecule has 0 aromatic heterocycles. The average molecular weight is 548 g/mol. The van der Waals surface area contributed by atoms with Crippen molar-refractivity contribution < 1.29 is 17.9 Å². The molecule has 0 aliphatic rings. The highest BCUT2D eigenvalue weighted by Gasteiger charge is 2.16. The fraction of sp³-hybridized carbons (Fsp3) is 0.350. The van der Waals surface area contributed by atoms with Crippen molar-refractivity contribution in [3.63, 3.8) is 0 Å². The predicted molar refractivity (Wildman–Crippen MR) is 129 cm³/mol. The number of hydrogen-bond acceptors (Lipinski definition) is 5. The summed E-state index contributed by atoms with van der Waals surface area (Å²) in [5.74, 6) is 1.98. The number of ether oxygens (including phenoxy) is 2. The Bertz CT molecular complexity index is 948. The van der Waals surface area contributed by atoms with Gasteiger partial charge in [-0.25, -0.2) is 12.7 Å². The maximum Gasteiger partial charge on any atom is 0.242 e. The Morgan fingerprint density at radius 2 is 1.47 bits per heavy atom. The minimum absolute atomic E-state index is 0. The van der Waals surface area contributed by atoms with Crippen LogP contribution < -0.4 is 20.1 Å². The monoisotopic (exact) mass is 548 g/mol. The molecule has 10 heteroatoms. The molecule has 0 aliphatic heterocycles. The van der Waals surface area contributed by atoms with Gasteiger partial charge in [-0.2, -0.15) is 0 Å². The number of nitrogens with one attached hydrogen (secondary N) is 2. The first-order chi connectivity index (χ1) is 13.8. The topological polar surface area (TPSA) is 92.3 Å². The summed E-state index contributed by atoms with van der Waals surface area (Å²) in [6, 6.07) is 12.5. The molecule has 0 saturated carbocycles. The van der Waals surface area contributed by atoms with Crippen LogP contribution in [0.15, 0.2) is 52.4 Å². The van der Waals surface area contributed by atoms with Crippen LogP contribution in [0.4, 0.5) is 0 Å². The Morgan fingerprint density at radius 1 is 0.933 bits per heavy atom. The molecule has 0 bridgehead atoms. The molecule has 0 aliphatic carbocycles. The summed E-state index contributed by atoms with van der Waals surface area (Å²) in [5, 5.41) is 6.45. The number of sulfonamides is 1. The molecule has 0 atom stereocenters. The zero-order valence-electron chi connectivity index (χ0n) is 17.8. The summed E-state index contributed by atoms with van der Waals surface area (Å²) in [4.78, 5) is 4.48. The summed E-state index contributed by atoms with van der Waals surface area (Å²) >= 11 is 0. The number of guanidine groups is 1. The average Bonchev–Trinajstić information content (AvgIpc) is 2.73. The minimum Gasteiger partial charge on any atom is -0.493 e. The molecule has 0 radical (unpaired) electrons. The third-order valence-corrected chi connectivity index (χ3v) is 6.12. The normalized spacial score (nSPS) is 11.6. The second-order valence-electron chi connectivity index (χ2n) is 6.40. The van der Waals surface area contributed by atoms with Gasteiger partial charge >= 0.3 is 0 Å². The molecular weight excluding hydrogens is 519 g/mol. The van der Waals surface area contributed by atoms with E-state index in [0.717, 1.165) is 11.1 Å². The maximum absolute atomic E-state index is 12.1. The Kier molecular flexibility index (Phi) is 10.4. The summed E-state index contributed by atoms with van der Waals surface area (Å²) in [5.41, 5.74) is 1.96. The van der Waals surface area contributed by atoms with E-state index >= 15 is 0 Å². The minimum atomic E-state index is -3.42. The van der Waals surface area contributed by atoms with Crippen LogP contribution in [0.5, 0.6) is 11.5 Å². The largest absolute Gasteiger partial charge is 0.493 e. The van der Waals surface area contributed by atoms with Gasteiger partial charge in [-0.3, -0.25) is 4.99 Å². The van der Waals surface area contributed by atoms with E-state index < -0.39 is 10.0 Å². The van der Waals surface area contributed by atoms with Gasteiger partial charge in [0.25, 0.3) is 0 Å². The highest BCUT2D eigenvalue weighted by molar-refractivity contribution is 14.0. The molecular formula is C20H29IN4O4S. The highest BCUT2D eigenvalue weighted by Crippen LogP contribution is 2.27. The predicted octanol–water partition coefficient (Wildman–Crippen LogP) is 2.44. The Morgan fingerprint density at radius 3 is 1.97 bits per heavy atom. The van der Waals surface area contributed by atoms with Crippen LogP contribution in [-0.4, -0.2) is 54.0 Å². The lowest BCUT2D eigenvalue weighted by molar-refractivity contribution is 0.354. The van der Waals surface area contributed by atoms with E-state index in [1.165, 1.54) is 18.4 Å². The first kappa shape index (κ1) is 26.0. The number of rotatable bonds is 8. The number of aliphatic imine (C=N–C) groups is 1. The first-order valence-corrected chi connectivity index (χ1v) is 10.4. The van der Waals surface area contributed by atoms with Crippen molar-refractivity contribution in [1.82, 2.24) is 14.9 Å².